The van der Waals surface area contributed by atoms with E-state index in [1.807, 2.05) is 0 Å². The minimum atomic E-state index is -1.10. The summed E-state index contributed by atoms with van der Waals surface area (Å²) >= 11 is 0. The average molecular weight is 254 g/mol. The van der Waals surface area contributed by atoms with Crippen LogP contribution in [0.2, 0.25) is 0 Å². The van der Waals surface area contributed by atoms with Crippen LogP contribution in [0.3, 0.4) is 0 Å². The molecule has 0 aliphatic heterocycles. The molecular formula is C9H8F2N6O. The molecule has 0 saturated heterocycles. The number of aromatic nitrogens is 4. The van der Waals surface area contributed by atoms with Gasteiger partial charge in [0.15, 0.2) is 11.6 Å². The van der Waals surface area contributed by atoms with Crippen LogP contribution in [0.15, 0.2) is 12.1 Å². The number of carbonyl (C=O) groups excluding carboxylic acids is 1. The molecule has 9 heteroatoms. The summed E-state index contributed by atoms with van der Waals surface area (Å²) in [6.45, 7) is -0.108. The molecule has 1 heterocycles. The highest BCUT2D eigenvalue weighted by molar-refractivity contribution is 5.95. The summed E-state index contributed by atoms with van der Waals surface area (Å²) in [5.41, 5.74) is 4.21. The molecule has 18 heavy (non-hydrogen) atoms. The molecule has 0 saturated carbocycles. The number of amides is 1. The van der Waals surface area contributed by atoms with Crippen LogP contribution in [0, 0.1) is 11.6 Å². The Balaban J connectivity index is 2.16. The highest BCUT2D eigenvalue weighted by Gasteiger charge is 2.19. The van der Waals surface area contributed by atoms with E-state index in [0.29, 0.717) is 0 Å². The van der Waals surface area contributed by atoms with Crippen molar-refractivity contribution < 1.29 is 13.6 Å². The molecule has 7 nitrogen and oxygen atoms in total. The summed E-state index contributed by atoms with van der Waals surface area (Å²) in [7, 11) is 0. The van der Waals surface area contributed by atoms with Crippen LogP contribution in [0.5, 0.6) is 0 Å². The minimum Gasteiger partial charge on any atom is -0.396 e. The molecule has 4 N–H and O–H groups in total. The number of benzene rings is 1. The van der Waals surface area contributed by atoms with Gasteiger partial charge in [-0.3, -0.25) is 4.79 Å². The Hall–Kier alpha value is -2.58. The zero-order valence-electron chi connectivity index (χ0n) is 8.94. The number of hydrogen-bond acceptors (Lipinski definition) is 5. The van der Waals surface area contributed by atoms with E-state index >= 15 is 0 Å². The van der Waals surface area contributed by atoms with E-state index in [1.165, 1.54) is 0 Å². The van der Waals surface area contributed by atoms with Crippen molar-refractivity contribution in [2.24, 2.45) is 0 Å². The Labute approximate surface area is 99.4 Å². The van der Waals surface area contributed by atoms with E-state index in [-0.39, 0.29) is 18.1 Å². The van der Waals surface area contributed by atoms with E-state index in [4.69, 9.17) is 5.73 Å². The number of nitrogens with zero attached hydrogens (tertiary/aromatic N) is 3. The fourth-order valence-electron chi connectivity index (χ4n) is 1.28. The molecule has 1 aromatic carbocycles. The van der Waals surface area contributed by atoms with Gasteiger partial charge in [-0.25, -0.2) is 8.78 Å². The largest absolute Gasteiger partial charge is 0.396 e. The summed E-state index contributed by atoms with van der Waals surface area (Å²) in [4.78, 5) is 11.6. The standard InChI is InChI=1S/C9H8F2N6O/c10-4-1-2-5(12)8(11)7(4)9(18)13-3-6-14-16-17-15-6/h1-2H,3,12H2,(H,13,18)(H,14,15,16,17). The molecule has 94 valence electrons. The second kappa shape index (κ2) is 4.73. The van der Waals surface area contributed by atoms with Crippen LogP contribution in [0.4, 0.5) is 14.5 Å². The van der Waals surface area contributed by atoms with Crippen molar-refractivity contribution >= 4 is 11.6 Å². The Bertz CT molecular complexity index is 571. The number of halogens is 2. The number of nitrogens with two attached hydrogens (primary N) is 1. The lowest BCUT2D eigenvalue weighted by molar-refractivity contribution is 0.0941. The number of rotatable bonds is 3. The highest BCUT2D eigenvalue weighted by atomic mass is 19.1. The van der Waals surface area contributed by atoms with Crippen molar-refractivity contribution in [3.63, 3.8) is 0 Å². The highest BCUT2D eigenvalue weighted by Crippen LogP contribution is 2.18. The van der Waals surface area contributed by atoms with Crippen LogP contribution in [-0.2, 0) is 6.54 Å². The van der Waals surface area contributed by atoms with Gasteiger partial charge in [0, 0.05) is 0 Å². The molecule has 1 amide bonds. The van der Waals surface area contributed by atoms with Crippen LogP contribution < -0.4 is 11.1 Å². The molecule has 0 radical (unpaired) electrons. The third-order valence-electron chi connectivity index (χ3n) is 2.14. The maximum absolute atomic E-state index is 13.5. The number of hydrogen-bond donors (Lipinski definition) is 3. The van der Waals surface area contributed by atoms with Crippen molar-refractivity contribution in [1.29, 1.82) is 0 Å². The Morgan fingerprint density at radius 3 is 2.89 bits per heavy atom. The first-order chi connectivity index (χ1) is 8.59. The number of carbonyl (C=O) groups is 1. The molecule has 0 aliphatic carbocycles. The Morgan fingerprint density at radius 2 is 2.22 bits per heavy atom. The quantitative estimate of drug-likeness (QED) is 0.667. The van der Waals surface area contributed by atoms with Gasteiger partial charge in [-0.1, -0.05) is 5.21 Å². The molecule has 2 rings (SSSR count). The summed E-state index contributed by atoms with van der Waals surface area (Å²) in [6, 6.07) is 1.96. The van der Waals surface area contributed by atoms with Crippen LogP contribution in [0.1, 0.15) is 16.2 Å². The fourth-order valence-corrected chi connectivity index (χ4v) is 1.28. The maximum atomic E-state index is 13.5. The van der Waals surface area contributed by atoms with Crippen molar-refractivity contribution in [1.82, 2.24) is 25.9 Å². The van der Waals surface area contributed by atoms with Crippen molar-refractivity contribution in [3.05, 3.63) is 35.2 Å². The van der Waals surface area contributed by atoms with Crippen LogP contribution >= 0.6 is 0 Å². The smallest absolute Gasteiger partial charge is 0.257 e. The second-order valence-corrected chi connectivity index (χ2v) is 3.34. The Kier molecular flexibility index (Phi) is 3.13. The van der Waals surface area contributed by atoms with Gasteiger partial charge in [-0.15, -0.1) is 10.2 Å². The molecule has 0 unspecified atom stereocenters. The Morgan fingerprint density at radius 1 is 1.44 bits per heavy atom. The maximum Gasteiger partial charge on any atom is 0.257 e. The average Bonchev–Trinajstić information content (AvgIpc) is 2.85. The summed E-state index contributed by atoms with van der Waals surface area (Å²) in [6.07, 6.45) is 0. The molecule has 0 atom stereocenters. The zero-order valence-corrected chi connectivity index (χ0v) is 8.94. The van der Waals surface area contributed by atoms with Gasteiger partial charge >= 0.3 is 0 Å². The van der Waals surface area contributed by atoms with E-state index in [9.17, 15) is 13.6 Å². The lowest BCUT2D eigenvalue weighted by Crippen LogP contribution is -2.26. The second-order valence-electron chi connectivity index (χ2n) is 3.34. The first-order valence-electron chi connectivity index (χ1n) is 4.83. The third kappa shape index (κ3) is 2.24. The molecule has 2 aromatic rings. The molecule has 0 bridgehead atoms. The van der Waals surface area contributed by atoms with Gasteiger partial charge in [-0.05, 0) is 12.1 Å². The van der Waals surface area contributed by atoms with E-state index in [2.05, 4.69) is 25.9 Å². The van der Waals surface area contributed by atoms with Crippen LogP contribution in [0.25, 0.3) is 0 Å². The third-order valence-corrected chi connectivity index (χ3v) is 2.14. The summed E-state index contributed by atoms with van der Waals surface area (Å²) < 4.78 is 26.8. The predicted octanol–water partition coefficient (Wildman–Crippen LogP) is -0.00990. The number of tetrazole rings is 1. The van der Waals surface area contributed by atoms with Crippen molar-refractivity contribution in [2.45, 2.75) is 6.54 Å². The number of H-pyrrole nitrogens is 1. The number of nitrogens with one attached hydrogen (secondary N) is 2. The first-order valence-corrected chi connectivity index (χ1v) is 4.83. The predicted molar refractivity (Wildman–Crippen MR) is 56.1 cm³/mol. The molecule has 0 aliphatic rings. The monoisotopic (exact) mass is 254 g/mol. The minimum absolute atomic E-state index is 0.108. The molecule has 1 aromatic heterocycles. The van der Waals surface area contributed by atoms with Gasteiger partial charge < -0.3 is 11.1 Å². The van der Waals surface area contributed by atoms with Gasteiger partial charge in [0.2, 0.25) is 0 Å². The SMILES string of the molecule is Nc1ccc(F)c(C(=O)NCc2nn[nH]n2)c1F. The van der Waals surface area contributed by atoms with E-state index in [0.717, 1.165) is 12.1 Å². The molecule has 0 fully saturated rings. The number of anilines is 1. The number of nitrogen functional groups attached to an aromatic ring is 1. The topological polar surface area (TPSA) is 110 Å². The van der Waals surface area contributed by atoms with Crippen molar-refractivity contribution in [3.8, 4) is 0 Å². The van der Waals surface area contributed by atoms with Crippen LogP contribution in [-0.4, -0.2) is 26.5 Å². The first kappa shape index (κ1) is 11.9. The van der Waals surface area contributed by atoms with Gasteiger partial charge in [0.1, 0.15) is 11.4 Å². The molecule has 0 spiro atoms. The normalized spacial score (nSPS) is 10.3. The van der Waals surface area contributed by atoms with Gasteiger partial charge in [0.25, 0.3) is 5.91 Å². The van der Waals surface area contributed by atoms with Crippen molar-refractivity contribution in [2.75, 3.05) is 5.73 Å². The van der Waals surface area contributed by atoms with E-state index < -0.39 is 23.1 Å². The lowest BCUT2D eigenvalue weighted by atomic mass is 10.1. The molecular weight excluding hydrogens is 246 g/mol. The fraction of sp³-hybridized carbons (Fsp3) is 0.111. The number of aromatic amines is 1. The van der Waals surface area contributed by atoms with E-state index in [1.54, 1.807) is 0 Å². The van der Waals surface area contributed by atoms with Gasteiger partial charge in [0.05, 0.1) is 12.2 Å². The van der Waals surface area contributed by atoms with Gasteiger partial charge in [-0.2, -0.15) is 5.21 Å². The summed E-state index contributed by atoms with van der Waals surface area (Å²) in [5, 5.41) is 14.8. The zero-order chi connectivity index (χ0) is 13.1. The lowest BCUT2D eigenvalue weighted by Gasteiger charge is -2.06. The summed E-state index contributed by atoms with van der Waals surface area (Å²) in [5.74, 6) is -2.84.